The van der Waals surface area contributed by atoms with Crippen LogP contribution in [-0.4, -0.2) is 22.0 Å². The molecule has 0 aliphatic rings. The molecule has 7 heteroatoms. The van der Waals surface area contributed by atoms with E-state index in [1.54, 1.807) is 19.9 Å². The van der Waals surface area contributed by atoms with Gasteiger partial charge in [0.2, 0.25) is 0 Å². The van der Waals surface area contributed by atoms with Gasteiger partial charge in [-0.3, -0.25) is 4.79 Å². The molecule has 2 heterocycles. The van der Waals surface area contributed by atoms with Crippen LogP contribution in [0.25, 0.3) is 0 Å². The number of thiazole rings is 1. The summed E-state index contributed by atoms with van der Waals surface area (Å²) < 4.78 is 5.08. The molecule has 6 nitrogen and oxygen atoms in total. The van der Waals surface area contributed by atoms with E-state index in [4.69, 9.17) is 9.52 Å². The molecule has 0 radical (unpaired) electrons. The van der Waals surface area contributed by atoms with Crippen molar-refractivity contribution in [2.75, 3.05) is 0 Å². The molecule has 1 unspecified atom stereocenters. The number of aromatic carboxylic acids is 1. The molecule has 0 fully saturated rings. The van der Waals surface area contributed by atoms with Crippen molar-refractivity contribution in [2.45, 2.75) is 19.9 Å². The summed E-state index contributed by atoms with van der Waals surface area (Å²) in [5, 5.41) is 13.5. The summed E-state index contributed by atoms with van der Waals surface area (Å²) in [5.41, 5.74) is 0.727. The summed E-state index contributed by atoms with van der Waals surface area (Å²) in [6.45, 7) is 3.51. The topological polar surface area (TPSA) is 92.4 Å². The van der Waals surface area contributed by atoms with Crippen LogP contribution >= 0.6 is 11.3 Å². The maximum absolute atomic E-state index is 11.9. The fraction of sp³-hybridized carbons (Fsp3) is 0.250. The van der Waals surface area contributed by atoms with Crippen molar-refractivity contribution in [1.29, 1.82) is 0 Å². The van der Waals surface area contributed by atoms with Crippen LogP contribution in [0.2, 0.25) is 0 Å². The molecule has 0 saturated heterocycles. The highest BCUT2D eigenvalue weighted by Gasteiger charge is 2.19. The quantitative estimate of drug-likeness (QED) is 0.896. The van der Waals surface area contributed by atoms with Crippen LogP contribution in [0, 0.1) is 6.92 Å². The van der Waals surface area contributed by atoms with Crippen LogP contribution in [0.3, 0.4) is 0 Å². The Labute approximate surface area is 113 Å². The lowest BCUT2D eigenvalue weighted by atomic mass is 10.2. The molecular weight excluding hydrogens is 268 g/mol. The highest BCUT2D eigenvalue weighted by molar-refractivity contribution is 7.09. The summed E-state index contributed by atoms with van der Waals surface area (Å²) in [7, 11) is 0. The second-order valence-corrected chi connectivity index (χ2v) is 4.89. The largest absolute Gasteiger partial charge is 0.476 e. The predicted molar refractivity (Wildman–Crippen MR) is 68.4 cm³/mol. The average Bonchev–Trinajstić information content (AvgIpc) is 2.96. The number of nitrogens with zero attached hydrogens (tertiary/aromatic N) is 1. The average molecular weight is 280 g/mol. The summed E-state index contributed by atoms with van der Waals surface area (Å²) in [5.74, 6) is -1.17. The predicted octanol–water partition coefficient (Wildman–Crippen LogP) is 2.23. The fourth-order valence-corrected chi connectivity index (χ4v) is 2.31. The fourth-order valence-electron chi connectivity index (χ4n) is 1.51. The van der Waals surface area contributed by atoms with Crippen molar-refractivity contribution in [2.24, 2.45) is 0 Å². The molecule has 2 N–H and O–H groups in total. The SMILES string of the molecule is Cc1ccoc1C(=O)NC(C)c1nc(C(=O)O)cs1. The van der Waals surface area contributed by atoms with Crippen LogP contribution in [0.15, 0.2) is 22.1 Å². The molecule has 0 aromatic carbocycles. The number of furan rings is 1. The van der Waals surface area contributed by atoms with E-state index in [9.17, 15) is 9.59 Å². The Kier molecular flexibility index (Phi) is 3.66. The summed E-state index contributed by atoms with van der Waals surface area (Å²) in [4.78, 5) is 26.6. The van der Waals surface area contributed by atoms with E-state index in [-0.39, 0.29) is 23.4 Å². The molecule has 1 amide bonds. The van der Waals surface area contributed by atoms with Gasteiger partial charge in [-0.2, -0.15) is 0 Å². The van der Waals surface area contributed by atoms with Gasteiger partial charge in [-0.1, -0.05) is 0 Å². The second-order valence-electron chi connectivity index (χ2n) is 4.00. The highest BCUT2D eigenvalue weighted by atomic mass is 32.1. The third-order valence-corrected chi connectivity index (χ3v) is 3.55. The minimum Gasteiger partial charge on any atom is -0.476 e. The first-order valence-corrected chi connectivity index (χ1v) is 6.40. The third-order valence-electron chi connectivity index (χ3n) is 2.53. The summed E-state index contributed by atoms with van der Waals surface area (Å²) in [6, 6.07) is 1.32. The molecule has 100 valence electrons. The van der Waals surface area contributed by atoms with Gasteiger partial charge in [0.05, 0.1) is 12.3 Å². The number of hydrogen-bond acceptors (Lipinski definition) is 5. The van der Waals surface area contributed by atoms with Crippen LogP contribution in [0.4, 0.5) is 0 Å². The zero-order valence-electron chi connectivity index (χ0n) is 10.3. The molecule has 0 aliphatic carbocycles. The van der Waals surface area contributed by atoms with Gasteiger partial charge in [-0.15, -0.1) is 11.3 Å². The number of rotatable bonds is 4. The van der Waals surface area contributed by atoms with Crippen molar-refractivity contribution < 1.29 is 19.1 Å². The molecule has 0 saturated carbocycles. The number of nitrogens with one attached hydrogen (secondary N) is 1. The molecule has 2 aromatic heterocycles. The van der Waals surface area contributed by atoms with Crippen molar-refractivity contribution in [3.63, 3.8) is 0 Å². The van der Waals surface area contributed by atoms with Crippen LogP contribution in [0.5, 0.6) is 0 Å². The number of hydrogen-bond donors (Lipinski definition) is 2. The number of carbonyl (C=O) groups is 2. The van der Waals surface area contributed by atoms with Crippen LogP contribution < -0.4 is 5.32 Å². The Morgan fingerprint density at radius 3 is 2.79 bits per heavy atom. The zero-order chi connectivity index (χ0) is 14.0. The smallest absolute Gasteiger partial charge is 0.355 e. The van der Waals surface area contributed by atoms with Crippen LogP contribution in [0.1, 0.15) is 44.6 Å². The van der Waals surface area contributed by atoms with E-state index in [2.05, 4.69) is 10.3 Å². The number of carboxylic acids is 1. The number of amides is 1. The van der Waals surface area contributed by atoms with E-state index >= 15 is 0 Å². The van der Waals surface area contributed by atoms with Gasteiger partial charge in [0.15, 0.2) is 11.5 Å². The molecular formula is C12H12N2O4S. The minimum atomic E-state index is -1.08. The van der Waals surface area contributed by atoms with E-state index in [1.165, 1.54) is 23.0 Å². The summed E-state index contributed by atoms with van der Waals surface area (Å²) >= 11 is 1.19. The Bertz CT molecular complexity index is 617. The van der Waals surface area contributed by atoms with Crippen LogP contribution in [-0.2, 0) is 0 Å². The molecule has 19 heavy (non-hydrogen) atoms. The van der Waals surface area contributed by atoms with E-state index < -0.39 is 5.97 Å². The van der Waals surface area contributed by atoms with Gasteiger partial charge >= 0.3 is 5.97 Å². The summed E-state index contributed by atoms with van der Waals surface area (Å²) in [6.07, 6.45) is 1.45. The van der Waals surface area contributed by atoms with Gasteiger partial charge in [-0.05, 0) is 19.9 Å². The first-order chi connectivity index (χ1) is 8.99. The van der Waals surface area contributed by atoms with Crippen molar-refractivity contribution >= 4 is 23.2 Å². The molecule has 2 rings (SSSR count). The van der Waals surface area contributed by atoms with E-state index in [0.29, 0.717) is 5.01 Å². The first-order valence-electron chi connectivity index (χ1n) is 5.52. The third kappa shape index (κ3) is 2.82. The minimum absolute atomic E-state index is 0.0183. The van der Waals surface area contributed by atoms with Gasteiger partial charge < -0.3 is 14.8 Å². The maximum atomic E-state index is 11.9. The Hall–Kier alpha value is -2.15. The lowest BCUT2D eigenvalue weighted by Gasteiger charge is -2.10. The number of aromatic nitrogens is 1. The molecule has 0 spiro atoms. The monoisotopic (exact) mass is 280 g/mol. The lowest BCUT2D eigenvalue weighted by molar-refractivity contribution is 0.0691. The maximum Gasteiger partial charge on any atom is 0.355 e. The lowest BCUT2D eigenvalue weighted by Crippen LogP contribution is -2.26. The van der Waals surface area contributed by atoms with E-state index in [1.807, 2.05) is 0 Å². The van der Waals surface area contributed by atoms with Crippen molar-refractivity contribution in [3.05, 3.63) is 39.7 Å². The Morgan fingerprint density at radius 2 is 2.26 bits per heavy atom. The molecule has 1 atom stereocenters. The molecule has 0 bridgehead atoms. The van der Waals surface area contributed by atoms with E-state index in [0.717, 1.165) is 5.56 Å². The van der Waals surface area contributed by atoms with Crippen molar-refractivity contribution in [1.82, 2.24) is 10.3 Å². The number of carbonyl (C=O) groups excluding carboxylic acids is 1. The Morgan fingerprint density at radius 1 is 1.53 bits per heavy atom. The standard InChI is InChI=1S/C12H12N2O4S/c1-6-3-4-18-9(6)10(15)13-7(2)11-14-8(5-19-11)12(16)17/h3-5,7H,1-2H3,(H,13,15)(H,16,17). The highest BCUT2D eigenvalue weighted by Crippen LogP contribution is 2.19. The number of aryl methyl sites for hydroxylation is 1. The number of carboxylic acid groups (broad SMARTS) is 1. The zero-order valence-corrected chi connectivity index (χ0v) is 11.2. The normalized spacial score (nSPS) is 12.1. The second kappa shape index (κ2) is 5.23. The van der Waals surface area contributed by atoms with Gasteiger partial charge in [0, 0.05) is 10.9 Å². The Balaban J connectivity index is 2.08. The van der Waals surface area contributed by atoms with Gasteiger partial charge in [-0.25, -0.2) is 9.78 Å². The first kappa shape index (κ1) is 13.3. The molecule has 2 aromatic rings. The molecule has 0 aliphatic heterocycles. The van der Waals surface area contributed by atoms with Crippen molar-refractivity contribution in [3.8, 4) is 0 Å². The van der Waals surface area contributed by atoms with Gasteiger partial charge in [0.1, 0.15) is 5.01 Å². The van der Waals surface area contributed by atoms with Gasteiger partial charge in [0.25, 0.3) is 5.91 Å².